The summed E-state index contributed by atoms with van der Waals surface area (Å²) in [6.45, 7) is 3.96. The molecule has 2 aromatic heterocycles. The van der Waals surface area contributed by atoms with E-state index in [0.717, 1.165) is 23.1 Å². The number of benzene rings is 2. The van der Waals surface area contributed by atoms with E-state index in [1.54, 1.807) is 16.8 Å². The summed E-state index contributed by atoms with van der Waals surface area (Å²) in [4.78, 5) is 17.0. The summed E-state index contributed by atoms with van der Waals surface area (Å²) in [5.74, 6) is -0.168. The Morgan fingerprint density at radius 3 is 2.77 bits per heavy atom. The van der Waals surface area contributed by atoms with Crippen LogP contribution in [0.15, 0.2) is 46.5 Å². The van der Waals surface area contributed by atoms with E-state index in [4.69, 9.17) is 0 Å². The first-order valence-corrected chi connectivity index (χ1v) is 12.8. The molecule has 160 valence electrons. The van der Waals surface area contributed by atoms with Crippen LogP contribution >= 0.6 is 23.1 Å². The number of tetrazole rings is 1. The molecule has 0 fully saturated rings. The lowest BCUT2D eigenvalue weighted by Crippen LogP contribution is -2.14. The van der Waals surface area contributed by atoms with Gasteiger partial charge in [0.1, 0.15) is 0 Å². The van der Waals surface area contributed by atoms with Crippen LogP contribution in [0.4, 0.5) is 5.13 Å². The molecular formula is C19H18N6O3S3. The maximum absolute atomic E-state index is 12.4. The van der Waals surface area contributed by atoms with Gasteiger partial charge >= 0.3 is 0 Å². The fourth-order valence-electron chi connectivity index (χ4n) is 2.84. The standard InChI is InChI=1S/C19H18N6O3S3/c1-11-4-5-12(2)15(8-11)25-19(22-23-24-25)29-10-17(26)21-18-20-14-7-6-13(31(3,27)28)9-16(14)30-18/h4-9H,10H2,1-3H3,(H,20,21,26). The first kappa shape index (κ1) is 21.4. The van der Waals surface area contributed by atoms with Crippen molar-refractivity contribution in [2.75, 3.05) is 17.3 Å². The van der Waals surface area contributed by atoms with Crippen molar-refractivity contribution in [3.8, 4) is 5.69 Å². The van der Waals surface area contributed by atoms with E-state index >= 15 is 0 Å². The smallest absolute Gasteiger partial charge is 0.236 e. The van der Waals surface area contributed by atoms with Crippen LogP contribution in [-0.2, 0) is 14.6 Å². The SMILES string of the molecule is Cc1ccc(C)c(-n2nnnc2SCC(=O)Nc2nc3ccc(S(C)(=O)=O)cc3s2)c1. The van der Waals surface area contributed by atoms with Crippen LogP contribution in [0.3, 0.4) is 0 Å². The predicted molar refractivity (Wildman–Crippen MR) is 121 cm³/mol. The van der Waals surface area contributed by atoms with Crippen LogP contribution in [0.25, 0.3) is 15.9 Å². The highest BCUT2D eigenvalue weighted by Crippen LogP contribution is 2.28. The molecule has 0 bridgehead atoms. The Labute approximate surface area is 186 Å². The molecule has 0 aliphatic rings. The molecule has 1 amide bonds. The summed E-state index contributed by atoms with van der Waals surface area (Å²) in [5.41, 5.74) is 3.59. The van der Waals surface area contributed by atoms with Gasteiger partial charge in [0.05, 0.1) is 26.6 Å². The second-order valence-electron chi connectivity index (χ2n) is 6.92. The number of anilines is 1. The van der Waals surface area contributed by atoms with Crippen molar-refractivity contribution in [2.24, 2.45) is 0 Å². The average molecular weight is 475 g/mol. The lowest BCUT2D eigenvalue weighted by atomic mass is 10.1. The highest BCUT2D eigenvalue weighted by molar-refractivity contribution is 7.99. The number of hydrogen-bond acceptors (Lipinski definition) is 9. The Bertz CT molecular complexity index is 1390. The van der Waals surface area contributed by atoms with E-state index in [0.29, 0.717) is 20.5 Å². The molecule has 4 rings (SSSR count). The molecule has 0 aliphatic carbocycles. The van der Waals surface area contributed by atoms with Crippen molar-refractivity contribution in [1.29, 1.82) is 0 Å². The molecule has 0 aliphatic heterocycles. The zero-order valence-corrected chi connectivity index (χ0v) is 19.3. The molecule has 2 aromatic carbocycles. The van der Waals surface area contributed by atoms with Gasteiger partial charge in [0.2, 0.25) is 11.1 Å². The molecule has 2 heterocycles. The van der Waals surface area contributed by atoms with Gasteiger partial charge in [0.15, 0.2) is 15.0 Å². The number of nitrogens with one attached hydrogen (secondary N) is 1. The number of carbonyl (C=O) groups is 1. The Kier molecular flexibility index (Phi) is 5.77. The minimum absolute atomic E-state index is 0.0930. The second-order valence-corrected chi connectivity index (χ2v) is 10.9. The molecule has 0 radical (unpaired) electrons. The number of carbonyl (C=O) groups excluding carboxylic acids is 1. The first-order chi connectivity index (χ1) is 14.7. The summed E-state index contributed by atoms with van der Waals surface area (Å²) in [6, 6.07) is 10.7. The maximum atomic E-state index is 12.4. The van der Waals surface area contributed by atoms with Crippen LogP contribution in [0.1, 0.15) is 11.1 Å². The highest BCUT2D eigenvalue weighted by atomic mass is 32.2. The number of thioether (sulfide) groups is 1. The number of aromatic nitrogens is 5. The normalized spacial score (nSPS) is 11.7. The number of nitrogens with zero attached hydrogens (tertiary/aromatic N) is 5. The summed E-state index contributed by atoms with van der Waals surface area (Å²) in [7, 11) is -3.31. The van der Waals surface area contributed by atoms with E-state index < -0.39 is 9.84 Å². The predicted octanol–water partition coefficient (Wildman–Crippen LogP) is 3.02. The van der Waals surface area contributed by atoms with Crippen molar-refractivity contribution in [2.45, 2.75) is 23.9 Å². The van der Waals surface area contributed by atoms with Crippen LogP contribution in [0, 0.1) is 13.8 Å². The monoisotopic (exact) mass is 474 g/mol. The van der Waals surface area contributed by atoms with E-state index in [-0.39, 0.29) is 16.6 Å². The lowest BCUT2D eigenvalue weighted by molar-refractivity contribution is -0.113. The van der Waals surface area contributed by atoms with Crippen molar-refractivity contribution in [3.63, 3.8) is 0 Å². The zero-order valence-electron chi connectivity index (χ0n) is 16.9. The lowest BCUT2D eigenvalue weighted by Gasteiger charge is -2.08. The van der Waals surface area contributed by atoms with Gasteiger partial charge in [-0.25, -0.2) is 13.4 Å². The fourth-order valence-corrected chi connectivity index (χ4v) is 5.17. The van der Waals surface area contributed by atoms with Gasteiger partial charge < -0.3 is 5.32 Å². The molecule has 0 saturated carbocycles. The number of hydrogen-bond donors (Lipinski definition) is 1. The van der Waals surface area contributed by atoms with Gasteiger partial charge in [0.25, 0.3) is 0 Å². The van der Waals surface area contributed by atoms with Gasteiger partial charge in [-0.05, 0) is 59.7 Å². The Hall–Kier alpha value is -2.83. The fraction of sp³-hybridized carbons (Fsp3) is 0.211. The second kappa shape index (κ2) is 8.36. The average Bonchev–Trinajstić information content (AvgIpc) is 3.33. The third-order valence-electron chi connectivity index (χ3n) is 4.40. The van der Waals surface area contributed by atoms with Crippen LogP contribution in [0.2, 0.25) is 0 Å². The number of thiazole rings is 1. The number of rotatable bonds is 6. The van der Waals surface area contributed by atoms with Gasteiger partial charge in [-0.3, -0.25) is 4.79 Å². The van der Waals surface area contributed by atoms with E-state index in [1.165, 1.54) is 29.2 Å². The van der Waals surface area contributed by atoms with Gasteiger partial charge in [-0.2, -0.15) is 4.68 Å². The van der Waals surface area contributed by atoms with Crippen molar-refractivity contribution in [3.05, 3.63) is 47.5 Å². The van der Waals surface area contributed by atoms with Gasteiger partial charge in [0, 0.05) is 6.26 Å². The third kappa shape index (κ3) is 4.75. The summed E-state index contributed by atoms with van der Waals surface area (Å²) >= 11 is 2.44. The largest absolute Gasteiger partial charge is 0.301 e. The number of amides is 1. The molecule has 0 spiro atoms. The van der Waals surface area contributed by atoms with Crippen LogP contribution in [-0.4, -0.2) is 51.5 Å². The molecule has 9 nitrogen and oxygen atoms in total. The van der Waals surface area contributed by atoms with Crippen molar-refractivity contribution in [1.82, 2.24) is 25.2 Å². The van der Waals surface area contributed by atoms with E-state index in [2.05, 4.69) is 25.8 Å². The molecule has 1 N–H and O–H groups in total. The van der Waals surface area contributed by atoms with E-state index in [9.17, 15) is 13.2 Å². The maximum Gasteiger partial charge on any atom is 0.236 e. The van der Waals surface area contributed by atoms with Crippen LogP contribution < -0.4 is 5.32 Å². The number of aryl methyl sites for hydroxylation is 2. The summed E-state index contributed by atoms with van der Waals surface area (Å²) in [5, 5.41) is 15.5. The van der Waals surface area contributed by atoms with Gasteiger partial charge in [-0.15, -0.1) is 5.10 Å². The van der Waals surface area contributed by atoms with Crippen molar-refractivity contribution >= 4 is 54.2 Å². The molecule has 4 aromatic rings. The molecular weight excluding hydrogens is 456 g/mol. The highest BCUT2D eigenvalue weighted by Gasteiger charge is 2.15. The van der Waals surface area contributed by atoms with Gasteiger partial charge in [-0.1, -0.05) is 35.2 Å². The minimum atomic E-state index is -3.31. The third-order valence-corrected chi connectivity index (χ3v) is 7.36. The molecule has 12 heteroatoms. The number of fused-ring (bicyclic) bond motifs is 1. The minimum Gasteiger partial charge on any atom is -0.301 e. The Balaban J connectivity index is 1.46. The molecule has 0 atom stereocenters. The quantitative estimate of drug-likeness (QED) is 0.424. The van der Waals surface area contributed by atoms with Crippen molar-refractivity contribution < 1.29 is 13.2 Å². The Morgan fingerprint density at radius 1 is 1.19 bits per heavy atom. The molecule has 0 unspecified atom stereocenters. The summed E-state index contributed by atoms with van der Waals surface area (Å²) in [6.07, 6.45) is 1.15. The molecule has 31 heavy (non-hydrogen) atoms. The first-order valence-electron chi connectivity index (χ1n) is 9.10. The zero-order chi connectivity index (χ0) is 22.2. The number of sulfone groups is 1. The van der Waals surface area contributed by atoms with Crippen LogP contribution in [0.5, 0.6) is 0 Å². The van der Waals surface area contributed by atoms with E-state index in [1.807, 2.05) is 32.0 Å². The molecule has 0 saturated heterocycles. The topological polar surface area (TPSA) is 120 Å². The summed E-state index contributed by atoms with van der Waals surface area (Å²) < 4.78 is 25.7. The Morgan fingerprint density at radius 2 is 2.00 bits per heavy atom.